The van der Waals surface area contributed by atoms with Crippen LogP contribution in [0.5, 0.6) is 0 Å². The highest BCUT2D eigenvalue weighted by atomic mass is 16.2. The van der Waals surface area contributed by atoms with Gasteiger partial charge in [0.1, 0.15) is 5.82 Å². The number of carbonyl (C=O) groups excluding carboxylic acids is 1. The standard InChI is InChI=1S/C10H13N3O/c1-12-6-8-4-3-5-11-10(8)13(2)9(14)7-12/h3-5H,6-7H2,1-2H3. The van der Waals surface area contributed by atoms with Gasteiger partial charge in [-0.05, 0) is 13.1 Å². The minimum atomic E-state index is 0.0879. The fourth-order valence-corrected chi connectivity index (χ4v) is 1.66. The smallest absolute Gasteiger partial charge is 0.242 e. The van der Waals surface area contributed by atoms with Crippen molar-refractivity contribution in [2.24, 2.45) is 0 Å². The van der Waals surface area contributed by atoms with Gasteiger partial charge in [0.05, 0.1) is 6.54 Å². The van der Waals surface area contributed by atoms with E-state index < -0.39 is 0 Å². The molecule has 0 saturated heterocycles. The van der Waals surface area contributed by atoms with Gasteiger partial charge in [0.25, 0.3) is 0 Å². The maximum atomic E-state index is 11.6. The van der Waals surface area contributed by atoms with Crippen molar-refractivity contribution >= 4 is 11.7 Å². The number of hydrogen-bond donors (Lipinski definition) is 0. The second-order valence-electron chi connectivity index (χ2n) is 3.61. The first-order valence-corrected chi connectivity index (χ1v) is 4.57. The molecule has 0 N–H and O–H groups in total. The number of amides is 1. The Bertz CT molecular complexity index is 364. The zero-order valence-corrected chi connectivity index (χ0v) is 8.40. The van der Waals surface area contributed by atoms with Crippen molar-refractivity contribution in [1.82, 2.24) is 9.88 Å². The quantitative estimate of drug-likeness (QED) is 0.599. The molecule has 0 saturated carbocycles. The molecular formula is C10H13N3O. The minimum Gasteiger partial charge on any atom is -0.299 e. The molecule has 0 bridgehead atoms. The number of nitrogens with zero attached hydrogens (tertiary/aromatic N) is 3. The highest BCUT2D eigenvalue weighted by molar-refractivity contribution is 5.94. The van der Waals surface area contributed by atoms with Crippen LogP contribution in [0.25, 0.3) is 0 Å². The van der Waals surface area contributed by atoms with Gasteiger partial charge in [-0.15, -0.1) is 0 Å². The van der Waals surface area contributed by atoms with Crippen LogP contribution in [0.15, 0.2) is 18.3 Å². The van der Waals surface area contributed by atoms with E-state index in [2.05, 4.69) is 4.98 Å². The Morgan fingerprint density at radius 1 is 1.36 bits per heavy atom. The number of anilines is 1. The largest absolute Gasteiger partial charge is 0.299 e. The molecule has 0 atom stereocenters. The summed E-state index contributed by atoms with van der Waals surface area (Å²) < 4.78 is 0. The molecule has 0 aliphatic carbocycles. The van der Waals surface area contributed by atoms with Crippen LogP contribution in [0.4, 0.5) is 5.82 Å². The molecule has 1 amide bonds. The lowest BCUT2D eigenvalue weighted by atomic mass is 10.2. The normalized spacial score (nSPS) is 17.9. The van der Waals surface area contributed by atoms with Crippen molar-refractivity contribution in [2.75, 3.05) is 25.5 Å². The number of carbonyl (C=O) groups is 1. The first-order valence-electron chi connectivity index (χ1n) is 4.57. The molecular weight excluding hydrogens is 178 g/mol. The Hall–Kier alpha value is -1.42. The molecule has 4 nitrogen and oxygen atoms in total. The fourth-order valence-electron chi connectivity index (χ4n) is 1.66. The summed E-state index contributed by atoms with van der Waals surface area (Å²) in [5.41, 5.74) is 1.10. The third kappa shape index (κ3) is 1.48. The summed E-state index contributed by atoms with van der Waals surface area (Å²) in [5.74, 6) is 0.867. The molecule has 74 valence electrons. The second kappa shape index (κ2) is 3.38. The lowest BCUT2D eigenvalue weighted by molar-refractivity contribution is -0.119. The van der Waals surface area contributed by atoms with Gasteiger partial charge in [-0.1, -0.05) is 6.07 Å². The van der Waals surface area contributed by atoms with E-state index in [0.717, 1.165) is 17.9 Å². The predicted octanol–water partition coefficient (Wildman–Crippen LogP) is 0.490. The van der Waals surface area contributed by atoms with Gasteiger partial charge in [-0.3, -0.25) is 14.6 Å². The summed E-state index contributed by atoms with van der Waals surface area (Å²) in [6, 6.07) is 3.91. The molecule has 4 heteroatoms. The van der Waals surface area contributed by atoms with E-state index in [1.54, 1.807) is 18.1 Å². The first kappa shape index (κ1) is 9.15. The van der Waals surface area contributed by atoms with Crippen molar-refractivity contribution in [3.8, 4) is 0 Å². The van der Waals surface area contributed by atoms with Crippen molar-refractivity contribution < 1.29 is 4.79 Å². The van der Waals surface area contributed by atoms with Crippen molar-refractivity contribution in [2.45, 2.75) is 6.54 Å². The summed E-state index contributed by atoms with van der Waals surface area (Å²) in [5, 5.41) is 0. The number of rotatable bonds is 0. The van der Waals surface area contributed by atoms with E-state index in [1.807, 2.05) is 24.1 Å². The summed E-state index contributed by atoms with van der Waals surface area (Å²) in [4.78, 5) is 19.5. The number of likely N-dealkylation sites (N-methyl/N-ethyl adjacent to an activating group) is 2. The van der Waals surface area contributed by atoms with Crippen LogP contribution in [0.2, 0.25) is 0 Å². The van der Waals surface area contributed by atoms with Gasteiger partial charge < -0.3 is 0 Å². The van der Waals surface area contributed by atoms with Crippen LogP contribution in [0.3, 0.4) is 0 Å². The molecule has 1 aromatic rings. The third-order valence-electron chi connectivity index (χ3n) is 2.40. The molecule has 14 heavy (non-hydrogen) atoms. The molecule has 1 aliphatic rings. The monoisotopic (exact) mass is 191 g/mol. The Morgan fingerprint density at radius 2 is 2.14 bits per heavy atom. The molecule has 1 aromatic heterocycles. The third-order valence-corrected chi connectivity index (χ3v) is 2.40. The van der Waals surface area contributed by atoms with Crippen LogP contribution in [-0.4, -0.2) is 36.4 Å². The zero-order chi connectivity index (χ0) is 10.1. The number of pyridine rings is 1. The van der Waals surface area contributed by atoms with Gasteiger partial charge in [0, 0.05) is 25.4 Å². The SMILES string of the molecule is CN1CC(=O)N(C)c2ncccc2C1. The van der Waals surface area contributed by atoms with E-state index in [-0.39, 0.29) is 5.91 Å². The van der Waals surface area contributed by atoms with Gasteiger partial charge in [-0.2, -0.15) is 0 Å². The highest BCUT2D eigenvalue weighted by Crippen LogP contribution is 2.20. The van der Waals surface area contributed by atoms with Crippen molar-refractivity contribution in [1.29, 1.82) is 0 Å². The molecule has 1 aliphatic heterocycles. The van der Waals surface area contributed by atoms with Gasteiger partial charge in [0.2, 0.25) is 5.91 Å². The zero-order valence-electron chi connectivity index (χ0n) is 8.40. The minimum absolute atomic E-state index is 0.0879. The first-order chi connectivity index (χ1) is 6.68. The van der Waals surface area contributed by atoms with E-state index in [1.165, 1.54) is 0 Å². The Kier molecular flexibility index (Phi) is 2.21. The van der Waals surface area contributed by atoms with E-state index >= 15 is 0 Å². The summed E-state index contributed by atoms with van der Waals surface area (Å²) in [6.45, 7) is 1.23. The molecule has 0 spiro atoms. The van der Waals surface area contributed by atoms with E-state index in [4.69, 9.17) is 0 Å². The molecule has 0 fully saturated rings. The number of hydrogen-bond acceptors (Lipinski definition) is 3. The Balaban J connectivity index is 2.46. The highest BCUT2D eigenvalue weighted by Gasteiger charge is 2.21. The maximum Gasteiger partial charge on any atom is 0.242 e. The van der Waals surface area contributed by atoms with Crippen LogP contribution in [0, 0.1) is 0 Å². The molecule has 0 unspecified atom stereocenters. The summed E-state index contributed by atoms with van der Waals surface area (Å²) in [6.07, 6.45) is 1.72. The Labute approximate surface area is 83.2 Å². The van der Waals surface area contributed by atoms with Crippen LogP contribution in [-0.2, 0) is 11.3 Å². The second-order valence-corrected chi connectivity index (χ2v) is 3.61. The van der Waals surface area contributed by atoms with Crippen molar-refractivity contribution in [3.63, 3.8) is 0 Å². The van der Waals surface area contributed by atoms with E-state index in [9.17, 15) is 4.79 Å². The van der Waals surface area contributed by atoms with Gasteiger partial charge in [-0.25, -0.2) is 4.98 Å². The van der Waals surface area contributed by atoms with Crippen molar-refractivity contribution in [3.05, 3.63) is 23.9 Å². The Morgan fingerprint density at radius 3 is 2.93 bits per heavy atom. The molecule has 0 aromatic carbocycles. The van der Waals surface area contributed by atoms with Crippen LogP contribution < -0.4 is 4.90 Å². The lowest BCUT2D eigenvalue weighted by Crippen LogP contribution is -2.33. The van der Waals surface area contributed by atoms with Crippen LogP contribution >= 0.6 is 0 Å². The average molecular weight is 191 g/mol. The maximum absolute atomic E-state index is 11.6. The summed E-state index contributed by atoms with van der Waals surface area (Å²) in [7, 11) is 3.71. The van der Waals surface area contributed by atoms with Gasteiger partial charge in [0.15, 0.2) is 0 Å². The molecule has 2 rings (SSSR count). The van der Waals surface area contributed by atoms with Crippen LogP contribution in [0.1, 0.15) is 5.56 Å². The summed E-state index contributed by atoms with van der Waals surface area (Å²) >= 11 is 0. The predicted molar refractivity (Wildman–Crippen MR) is 54.0 cm³/mol. The fraction of sp³-hybridized carbons (Fsp3) is 0.400. The van der Waals surface area contributed by atoms with Gasteiger partial charge >= 0.3 is 0 Å². The number of aromatic nitrogens is 1. The topological polar surface area (TPSA) is 36.4 Å². The number of fused-ring (bicyclic) bond motifs is 1. The van der Waals surface area contributed by atoms with E-state index in [0.29, 0.717) is 6.54 Å². The molecule has 2 heterocycles. The lowest BCUT2D eigenvalue weighted by Gasteiger charge is -2.14. The average Bonchev–Trinajstić information content (AvgIpc) is 2.26. The molecule has 0 radical (unpaired) electrons.